The molecule has 1 aliphatic heterocycles. The molecule has 10 heteroatoms. The number of imide groups is 1. The van der Waals surface area contributed by atoms with Crippen molar-refractivity contribution >= 4 is 69.1 Å². The molecule has 2 aromatic rings. The molecule has 0 spiro atoms. The van der Waals surface area contributed by atoms with Crippen LogP contribution in [0.15, 0.2) is 41.3 Å². The summed E-state index contributed by atoms with van der Waals surface area (Å²) in [5, 5.41) is 0.0705. The number of carbonyl (C=O) groups is 3. The van der Waals surface area contributed by atoms with Gasteiger partial charge in [0, 0.05) is 10.6 Å². The molecule has 0 unspecified atom stereocenters. The van der Waals surface area contributed by atoms with Gasteiger partial charge >= 0.3 is 0 Å². The number of methoxy groups -OCH3 is 1. The van der Waals surface area contributed by atoms with Gasteiger partial charge < -0.3 is 15.2 Å². The van der Waals surface area contributed by atoms with Crippen LogP contribution in [0.2, 0.25) is 5.02 Å². The van der Waals surface area contributed by atoms with Gasteiger partial charge in [-0.1, -0.05) is 29.8 Å². The van der Waals surface area contributed by atoms with Gasteiger partial charge in [-0.2, -0.15) is 0 Å². The molecule has 0 saturated carbocycles. The van der Waals surface area contributed by atoms with E-state index in [1.807, 2.05) is 18.2 Å². The standard InChI is InChI=1S/C20H16ClIN2O5S/c1-28-15-7-11(8-16-19(26)24(9-17(23)25)20(27)30-16)6-14(22)18(15)29-10-12-4-2-3-5-13(12)21/h2-8H,9-10H2,1H3,(H2,23,25)/b16-8-. The average Bonchev–Trinajstić information content (AvgIpc) is 2.95. The molecular weight excluding hydrogens is 543 g/mol. The Morgan fingerprint density at radius 2 is 2.03 bits per heavy atom. The van der Waals surface area contributed by atoms with Gasteiger partial charge in [-0.15, -0.1) is 0 Å². The Labute approximate surface area is 195 Å². The minimum atomic E-state index is -0.755. The number of amides is 3. The number of halogens is 2. The monoisotopic (exact) mass is 558 g/mol. The fourth-order valence-electron chi connectivity index (χ4n) is 2.67. The third-order valence-electron chi connectivity index (χ3n) is 4.07. The second kappa shape index (κ2) is 9.71. The van der Waals surface area contributed by atoms with Crippen molar-refractivity contribution in [2.45, 2.75) is 6.61 Å². The molecule has 156 valence electrons. The van der Waals surface area contributed by atoms with Gasteiger partial charge in [0.15, 0.2) is 11.5 Å². The first kappa shape index (κ1) is 22.4. The summed E-state index contributed by atoms with van der Waals surface area (Å²) in [6.07, 6.45) is 1.56. The zero-order valence-electron chi connectivity index (χ0n) is 15.7. The fourth-order valence-corrected chi connectivity index (χ4v) is 4.48. The van der Waals surface area contributed by atoms with Crippen LogP contribution in [0.25, 0.3) is 6.08 Å². The van der Waals surface area contributed by atoms with Gasteiger partial charge in [0.05, 0.1) is 15.6 Å². The summed E-state index contributed by atoms with van der Waals surface area (Å²) in [5.41, 5.74) is 6.58. The van der Waals surface area contributed by atoms with Crippen molar-refractivity contribution < 1.29 is 23.9 Å². The number of benzene rings is 2. The van der Waals surface area contributed by atoms with Crippen molar-refractivity contribution in [1.82, 2.24) is 4.90 Å². The lowest BCUT2D eigenvalue weighted by molar-refractivity contribution is -0.127. The average molecular weight is 559 g/mol. The van der Waals surface area contributed by atoms with Crippen LogP contribution < -0.4 is 15.2 Å². The van der Waals surface area contributed by atoms with Crippen LogP contribution in [-0.2, 0) is 16.2 Å². The summed E-state index contributed by atoms with van der Waals surface area (Å²) < 4.78 is 12.1. The van der Waals surface area contributed by atoms with E-state index in [2.05, 4.69) is 22.6 Å². The van der Waals surface area contributed by atoms with Crippen LogP contribution in [0.1, 0.15) is 11.1 Å². The maximum Gasteiger partial charge on any atom is 0.294 e. The molecule has 1 fully saturated rings. The smallest absolute Gasteiger partial charge is 0.294 e. The fraction of sp³-hybridized carbons (Fsp3) is 0.150. The van der Waals surface area contributed by atoms with Crippen molar-refractivity contribution in [2.24, 2.45) is 5.73 Å². The van der Waals surface area contributed by atoms with E-state index in [1.165, 1.54) is 7.11 Å². The number of primary amides is 1. The van der Waals surface area contributed by atoms with Crippen LogP contribution in [0.4, 0.5) is 4.79 Å². The van der Waals surface area contributed by atoms with Crippen molar-refractivity contribution in [3.05, 3.63) is 61.0 Å². The van der Waals surface area contributed by atoms with Crippen LogP contribution in [0.5, 0.6) is 11.5 Å². The summed E-state index contributed by atoms with van der Waals surface area (Å²) in [6, 6.07) is 10.9. The predicted molar refractivity (Wildman–Crippen MR) is 123 cm³/mol. The van der Waals surface area contributed by atoms with E-state index in [0.717, 1.165) is 25.8 Å². The number of rotatable bonds is 7. The maximum absolute atomic E-state index is 12.4. The lowest BCUT2D eigenvalue weighted by Gasteiger charge is -2.14. The molecule has 0 bridgehead atoms. The van der Waals surface area contributed by atoms with Crippen LogP contribution in [-0.4, -0.2) is 35.6 Å². The molecule has 0 atom stereocenters. The number of nitrogens with zero attached hydrogens (tertiary/aromatic N) is 1. The molecular formula is C20H16ClIN2O5S. The summed E-state index contributed by atoms with van der Waals surface area (Å²) in [5.74, 6) is -0.305. The quantitative estimate of drug-likeness (QED) is 0.407. The van der Waals surface area contributed by atoms with Gasteiger partial charge in [-0.05, 0) is 64.2 Å². The first-order valence-corrected chi connectivity index (χ1v) is 10.8. The molecule has 7 nitrogen and oxygen atoms in total. The number of nitrogens with two attached hydrogens (primary N) is 1. The van der Waals surface area contributed by atoms with E-state index in [-0.39, 0.29) is 11.5 Å². The van der Waals surface area contributed by atoms with E-state index in [9.17, 15) is 14.4 Å². The SMILES string of the molecule is COc1cc(/C=C2\SC(=O)N(CC(N)=O)C2=O)cc(I)c1OCc1ccccc1Cl. The van der Waals surface area contributed by atoms with E-state index in [1.54, 1.807) is 24.3 Å². The second-order valence-corrected chi connectivity index (χ2v) is 8.71. The highest BCUT2D eigenvalue weighted by Crippen LogP contribution is 2.37. The highest BCUT2D eigenvalue weighted by atomic mass is 127. The van der Waals surface area contributed by atoms with Gasteiger partial charge in [0.25, 0.3) is 11.1 Å². The minimum absolute atomic E-state index is 0.198. The molecule has 3 amide bonds. The minimum Gasteiger partial charge on any atom is -0.493 e. The molecule has 0 aliphatic carbocycles. The van der Waals surface area contributed by atoms with Crippen LogP contribution in [0.3, 0.4) is 0 Å². The summed E-state index contributed by atoms with van der Waals surface area (Å²) >= 11 is 9.04. The normalized spacial score (nSPS) is 15.0. The van der Waals surface area contributed by atoms with E-state index < -0.39 is 23.6 Å². The number of carbonyl (C=O) groups excluding carboxylic acids is 3. The number of hydrogen-bond donors (Lipinski definition) is 1. The van der Waals surface area contributed by atoms with Crippen molar-refractivity contribution in [3.63, 3.8) is 0 Å². The van der Waals surface area contributed by atoms with Gasteiger partial charge in [0.1, 0.15) is 13.2 Å². The van der Waals surface area contributed by atoms with Crippen LogP contribution in [0, 0.1) is 3.57 Å². The van der Waals surface area contributed by atoms with Crippen molar-refractivity contribution in [2.75, 3.05) is 13.7 Å². The number of thioether (sulfide) groups is 1. The van der Waals surface area contributed by atoms with Crippen LogP contribution >= 0.6 is 46.0 Å². The van der Waals surface area contributed by atoms with Gasteiger partial charge in [-0.3, -0.25) is 19.3 Å². The Morgan fingerprint density at radius 3 is 2.70 bits per heavy atom. The second-order valence-electron chi connectivity index (χ2n) is 6.15. The molecule has 1 saturated heterocycles. The highest BCUT2D eigenvalue weighted by Gasteiger charge is 2.35. The third kappa shape index (κ3) is 5.08. The zero-order valence-corrected chi connectivity index (χ0v) is 19.4. The van der Waals surface area contributed by atoms with Gasteiger partial charge in [-0.25, -0.2) is 0 Å². The van der Waals surface area contributed by atoms with Crippen molar-refractivity contribution in [1.29, 1.82) is 0 Å². The molecule has 3 rings (SSSR count). The number of hydrogen-bond acceptors (Lipinski definition) is 6. The van der Waals surface area contributed by atoms with Gasteiger partial charge in [0.2, 0.25) is 5.91 Å². The Bertz CT molecular complexity index is 1060. The lowest BCUT2D eigenvalue weighted by Crippen LogP contribution is -2.36. The van der Waals surface area contributed by atoms with Crippen molar-refractivity contribution in [3.8, 4) is 11.5 Å². The Morgan fingerprint density at radius 1 is 1.30 bits per heavy atom. The highest BCUT2D eigenvalue weighted by molar-refractivity contribution is 14.1. The Kier molecular flexibility index (Phi) is 7.27. The Hall–Kier alpha value is -2.24. The van der Waals surface area contributed by atoms with E-state index >= 15 is 0 Å². The molecule has 1 heterocycles. The molecule has 0 radical (unpaired) electrons. The molecule has 1 aliphatic rings. The largest absolute Gasteiger partial charge is 0.493 e. The number of ether oxygens (including phenoxy) is 2. The summed E-state index contributed by atoms with van der Waals surface area (Å²) in [6.45, 7) is -0.185. The summed E-state index contributed by atoms with van der Waals surface area (Å²) in [4.78, 5) is 36.5. The van der Waals surface area contributed by atoms with E-state index in [4.69, 9.17) is 26.8 Å². The zero-order chi connectivity index (χ0) is 21.8. The molecule has 30 heavy (non-hydrogen) atoms. The lowest BCUT2D eigenvalue weighted by atomic mass is 10.1. The molecule has 2 aromatic carbocycles. The first-order valence-electron chi connectivity index (χ1n) is 8.57. The molecule has 2 N–H and O–H groups in total. The Balaban J connectivity index is 1.84. The maximum atomic E-state index is 12.4. The van der Waals surface area contributed by atoms with E-state index in [0.29, 0.717) is 22.1 Å². The first-order chi connectivity index (χ1) is 14.3. The molecule has 0 aromatic heterocycles. The third-order valence-corrected chi connectivity index (χ3v) is 6.14. The predicted octanol–water partition coefficient (Wildman–Crippen LogP) is 4.05. The summed E-state index contributed by atoms with van der Waals surface area (Å²) in [7, 11) is 1.51. The topological polar surface area (TPSA) is 98.9 Å².